The largest absolute Gasteiger partial charge is 0.462 e. The van der Waals surface area contributed by atoms with E-state index >= 15 is 0 Å². The van der Waals surface area contributed by atoms with Gasteiger partial charge >= 0.3 is 5.97 Å². The molecule has 0 aliphatic carbocycles. The molecule has 1 aromatic carbocycles. The molecule has 3 rings (SSSR count). The molecule has 2 amide bonds. The van der Waals surface area contributed by atoms with Gasteiger partial charge in [0.05, 0.1) is 28.8 Å². The summed E-state index contributed by atoms with van der Waals surface area (Å²) in [5.41, 5.74) is 2.23. The molecule has 0 spiro atoms. The topological polar surface area (TPSA) is 132 Å². The summed E-state index contributed by atoms with van der Waals surface area (Å²) in [7, 11) is 1.78. The number of hydrogen-bond donors (Lipinski definition) is 2. The standard InChI is InChI=1S/C27H33N5O5S2/c1-8-37-26(36)20-16(5)22(17(6)33)39-25(20)28-19(34)13-38-27-31-30-23(32(27)7)21(14(2)3)29-24(35)18-11-9-10-15(4)12-18/h9-12,14,21H,8,13H2,1-7H3,(H,28,34)(H,29,35)/t21-/m0/s1. The number of hydrogen-bond acceptors (Lipinski definition) is 9. The maximum atomic E-state index is 12.9. The van der Waals surface area contributed by atoms with Gasteiger partial charge in [-0.2, -0.15) is 0 Å². The van der Waals surface area contributed by atoms with E-state index in [0.29, 0.717) is 27.0 Å². The van der Waals surface area contributed by atoms with E-state index in [0.717, 1.165) is 16.9 Å². The number of Topliss-reactive ketones (excluding diaryl/α,β-unsaturated/α-hetero) is 1. The maximum Gasteiger partial charge on any atom is 0.341 e. The van der Waals surface area contributed by atoms with Gasteiger partial charge in [0.1, 0.15) is 5.00 Å². The van der Waals surface area contributed by atoms with Crippen LogP contribution in [0.2, 0.25) is 0 Å². The van der Waals surface area contributed by atoms with Crippen molar-refractivity contribution < 1.29 is 23.9 Å². The third kappa shape index (κ3) is 7.12. The van der Waals surface area contributed by atoms with Crippen LogP contribution in [-0.4, -0.2) is 50.7 Å². The molecule has 12 heteroatoms. The summed E-state index contributed by atoms with van der Waals surface area (Å²) in [6.07, 6.45) is 0. The Kier molecular flexibility index (Phi) is 10.0. The highest BCUT2D eigenvalue weighted by Gasteiger charge is 2.27. The number of ketones is 1. The summed E-state index contributed by atoms with van der Waals surface area (Å²) in [5.74, 6) is -0.782. The van der Waals surface area contributed by atoms with Crippen molar-refractivity contribution in [2.75, 3.05) is 17.7 Å². The maximum absolute atomic E-state index is 12.9. The fraction of sp³-hybridized carbons (Fsp3) is 0.407. The van der Waals surface area contributed by atoms with Crippen LogP contribution in [0, 0.1) is 19.8 Å². The van der Waals surface area contributed by atoms with E-state index in [9.17, 15) is 19.2 Å². The first-order chi connectivity index (χ1) is 18.4. The summed E-state index contributed by atoms with van der Waals surface area (Å²) in [5, 5.41) is 15.1. The number of amides is 2. The number of esters is 1. The predicted octanol–water partition coefficient (Wildman–Crippen LogP) is 4.73. The Morgan fingerprint density at radius 1 is 1.15 bits per heavy atom. The highest BCUT2D eigenvalue weighted by atomic mass is 32.2. The second kappa shape index (κ2) is 13.0. The number of carbonyl (C=O) groups excluding carboxylic acids is 4. The van der Waals surface area contributed by atoms with Crippen molar-refractivity contribution >= 4 is 51.7 Å². The quantitative estimate of drug-likeness (QED) is 0.192. The first kappa shape index (κ1) is 30.0. The van der Waals surface area contributed by atoms with Crippen molar-refractivity contribution in [1.29, 1.82) is 0 Å². The van der Waals surface area contributed by atoms with Gasteiger partial charge in [0.2, 0.25) is 5.91 Å². The van der Waals surface area contributed by atoms with Gasteiger partial charge in [-0.1, -0.05) is 43.3 Å². The van der Waals surface area contributed by atoms with Crippen LogP contribution >= 0.6 is 23.1 Å². The molecule has 2 N–H and O–H groups in total. The number of rotatable bonds is 11. The zero-order chi connectivity index (χ0) is 28.9. The number of aromatic nitrogens is 3. The van der Waals surface area contributed by atoms with Gasteiger partial charge < -0.3 is 19.9 Å². The number of anilines is 1. The molecule has 0 unspecified atom stereocenters. The van der Waals surface area contributed by atoms with Crippen molar-refractivity contribution in [3.63, 3.8) is 0 Å². The van der Waals surface area contributed by atoms with Crippen molar-refractivity contribution in [1.82, 2.24) is 20.1 Å². The van der Waals surface area contributed by atoms with Crippen LogP contribution < -0.4 is 10.6 Å². The number of thioether (sulfide) groups is 1. The van der Waals surface area contributed by atoms with Crippen LogP contribution in [0.15, 0.2) is 29.4 Å². The fourth-order valence-corrected chi connectivity index (χ4v) is 5.77. The first-order valence-electron chi connectivity index (χ1n) is 12.4. The lowest BCUT2D eigenvalue weighted by Gasteiger charge is -2.21. The Morgan fingerprint density at radius 2 is 1.87 bits per heavy atom. The number of nitrogens with one attached hydrogen (secondary N) is 2. The molecule has 39 heavy (non-hydrogen) atoms. The van der Waals surface area contributed by atoms with Crippen molar-refractivity contribution in [2.45, 2.75) is 52.7 Å². The average molecular weight is 572 g/mol. The van der Waals surface area contributed by atoms with Gasteiger partial charge in [-0.15, -0.1) is 21.5 Å². The molecule has 3 aromatic rings. The first-order valence-corrected chi connectivity index (χ1v) is 14.3. The molecular formula is C27H33N5O5S2. The Balaban J connectivity index is 1.73. The number of benzene rings is 1. The van der Waals surface area contributed by atoms with Gasteiger partial charge in [-0.05, 0) is 51.3 Å². The Hall–Kier alpha value is -3.51. The normalized spacial score (nSPS) is 11.8. The molecule has 0 aliphatic heterocycles. The lowest BCUT2D eigenvalue weighted by atomic mass is 10.0. The van der Waals surface area contributed by atoms with E-state index in [4.69, 9.17) is 4.74 Å². The minimum Gasteiger partial charge on any atom is -0.462 e. The number of aryl methyl sites for hydroxylation is 1. The van der Waals surface area contributed by atoms with E-state index < -0.39 is 12.0 Å². The van der Waals surface area contributed by atoms with Gasteiger partial charge in [0.25, 0.3) is 5.91 Å². The molecule has 208 valence electrons. The SMILES string of the molecule is CCOC(=O)c1c(NC(=O)CSc2nnc([C@@H](NC(=O)c3cccc(C)c3)C(C)C)n2C)sc(C(C)=O)c1C. The van der Waals surface area contributed by atoms with Gasteiger partial charge in [0, 0.05) is 12.6 Å². The minimum atomic E-state index is -0.591. The Bertz CT molecular complexity index is 1400. The Labute approximate surface area is 235 Å². The average Bonchev–Trinajstić information content (AvgIpc) is 3.39. The molecule has 0 saturated heterocycles. The molecule has 0 radical (unpaired) electrons. The molecular weight excluding hydrogens is 538 g/mol. The summed E-state index contributed by atoms with van der Waals surface area (Å²) >= 11 is 2.22. The molecule has 1 atom stereocenters. The number of nitrogens with zero attached hydrogens (tertiary/aromatic N) is 3. The van der Waals surface area contributed by atoms with Crippen molar-refractivity contribution in [2.24, 2.45) is 13.0 Å². The molecule has 2 heterocycles. The second-order valence-corrected chi connectivity index (χ2v) is 11.3. The van der Waals surface area contributed by atoms with Crippen LogP contribution in [0.3, 0.4) is 0 Å². The molecule has 2 aromatic heterocycles. The van der Waals surface area contributed by atoms with Gasteiger partial charge in [-0.25, -0.2) is 4.79 Å². The predicted molar refractivity (Wildman–Crippen MR) is 152 cm³/mol. The van der Waals surface area contributed by atoms with E-state index in [1.165, 1.54) is 18.7 Å². The smallest absolute Gasteiger partial charge is 0.341 e. The van der Waals surface area contributed by atoms with E-state index in [-0.39, 0.29) is 46.4 Å². The summed E-state index contributed by atoms with van der Waals surface area (Å²) in [6, 6.07) is 6.96. The highest BCUT2D eigenvalue weighted by molar-refractivity contribution is 7.99. The van der Waals surface area contributed by atoms with Crippen molar-refractivity contribution in [3.8, 4) is 0 Å². The summed E-state index contributed by atoms with van der Waals surface area (Å²) in [4.78, 5) is 50.6. The molecule has 0 saturated carbocycles. The van der Waals surface area contributed by atoms with Crippen LogP contribution in [-0.2, 0) is 16.6 Å². The third-order valence-corrected chi connectivity index (χ3v) is 8.24. The van der Waals surface area contributed by atoms with Gasteiger partial charge in [-0.3, -0.25) is 14.4 Å². The van der Waals surface area contributed by atoms with E-state index in [1.54, 1.807) is 31.5 Å². The number of thiophene rings is 1. The van der Waals surface area contributed by atoms with Crippen molar-refractivity contribution in [3.05, 3.63) is 57.2 Å². The zero-order valence-electron chi connectivity index (χ0n) is 23.1. The van der Waals surface area contributed by atoms with Gasteiger partial charge in [0.15, 0.2) is 16.8 Å². The highest BCUT2D eigenvalue weighted by Crippen LogP contribution is 2.34. The molecule has 0 fully saturated rings. The lowest BCUT2D eigenvalue weighted by Crippen LogP contribution is -2.33. The van der Waals surface area contributed by atoms with E-state index in [1.807, 2.05) is 39.0 Å². The Morgan fingerprint density at radius 3 is 2.49 bits per heavy atom. The fourth-order valence-electron chi connectivity index (χ4n) is 3.94. The summed E-state index contributed by atoms with van der Waals surface area (Å²) in [6.45, 7) is 10.8. The number of ether oxygens (including phenoxy) is 1. The van der Waals surface area contributed by atoms with Crippen LogP contribution in [0.4, 0.5) is 5.00 Å². The zero-order valence-corrected chi connectivity index (χ0v) is 24.7. The lowest BCUT2D eigenvalue weighted by molar-refractivity contribution is -0.113. The van der Waals surface area contributed by atoms with Crippen LogP contribution in [0.25, 0.3) is 0 Å². The molecule has 10 nitrogen and oxygen atoms in total. The second-order valence-electron chi connectivity index (χ2n) is 9.34. The molecule has 0 aliphatic rings. The number of carbonyl (C=O) groups is 4. The summed E-state index contributed by atoms with van der Waals surface area (Å²) < 4.78 is 6.88. The van der Waals surface area contributed by atoms with Crippen LogP contribution in [0.1, 0.15) is 81.1 Å². The minimum absolute atomic E-state index is 0.0113. The van der Waals surface area contributed by atoms with Crippen LogP contribution in [0.5, 0.6) is 0 Å². The third-order valence-electron chi connectivity index (χ3n) is 5.91. The molecule has 0 bridgehead atoms. The monoisotopic (exact) mass is 571 g/mol. The van der Waals surface area contributed by atoms with E-state index in [2.05, 4.69) is 20.8 Å².